The molecule has 0 N–H and O–H groups in total. The highest BCUT2D eigenvalue weighted by Gasteiger charge is 2.15. The van der Waals surface area contributed by atoms with Crippen LogP contribution in [0.1, 0.15) is 12.5 Å². The quantitative estimate of drug-likeness (QED) is 0.665. The van der Waals surface area contributed by atoms with Gasteiger partial charge < -0.3 is 4.90 Å². The lowest BCUT2D eigenvalue weighted by atomic mass is 10.1. The minimum atomic E-state index is -0.232. The first kappa shape index (κ1) is 14.4. The van der Waals surface area contributed by atoms with Gasteiger partial charge in [-0.1, -0.05) is 34.1 Å². The number of hydrogen-bond donors (Lipinski definition) is 0. The molecular weight excluding hydrogens is 329 g/mol. The van der Waals surface area contributed by atoms with Gasteiger partial charge in [0, 0.05) is 22.6 Å². The van der Waals surface area contributed by atoms with Crippen LogP contribution in [0.4, 0.5) is 15.8 Å². The Hall–Kier alpha value is -1.06. The highest BCUT2D eigenvalue weighted by molar-refractivity contribution is 9.10. The first-order valence-corrected chi connectivity index (χ1v) is 7.36. The lowest BCUT2D eigenvalue weighted by Crippen LogP contribution is -2.18. The predicted octanol–water partition coefficient (Wildman–Crippen LogP) is 5.49. The maximum atomic E-state index is 14.0. The van der Waals surface area contributed by atoms with Crippen LogP contribution in [0, 0.1) is 5.82 Å². The van der Waals surface area contributed by atoms with Crippen molar-refractivity contribution in [2.75, 3.05) is 11.4 Å². The molecule has 0 bridgehead atoms. The highest BCUT2D eigenvalue weighted by atomic mass is 79.9. The molecule has 0 saturated carbocycles. The van der Waals surface area contributed by atoms with Crippen LogP contribution in [-0.2, 0) is 5.88 Å². The molecule has 0 atom stereocenters. The number of benzene rings is 2. The molecule has 0 saturated heterocycles. The van der Waals surface area contributed by atoms with Gasteiger partial charge in [0.25, 0.3) is 0 Å². The molecular formula is C15H14BrClFN. The van der Waals surface area contributed by atoms with E-state index in [1.165, 1.54) is 6.07 Å². The second-order valence-electron chi connectivity index (χ2n) is 4.10. The largest absolute Gasteiger partial charge is 0.339 e. The molecule has 2 aromatic carbocycles. The van der Waals surface area contributed by atoms with E-state index in [0.717, 1.165) is 15.7 Å². The molecule has 0 heterocycles. The Morgan fingerprint density at radius 3 is 2.53 bits per heavy atom. The van der Waals surface area contributed by atoms with Crippen LogP contribution < -0.4 is 4.90 Å². The number of nitrogens with zero attached hydrogens (tertiary/aromatic N) is 1. The van der Waals surface area contributed by atoms with Gasteiger partial charge in [0.2, 0.25) is 0 Å². The fourth-order valence-electron chi connectivity index (χ4n) is 2.04. The van der Waals surface area contributed by atoms with Crippen LogP contribution in [0.15, 0.2) is 46.9 Å². The number of alkyl halides is 1. The fraction of sp³-hybridized carbons (Fsp3) is 0.200. The Kier molecular flexibility index (Phi) is 4.83. The normalized spacial score (nSPS) is 10.5. The van der Waals surface area contributed by atoms with Gasteiger partial charge in [0.1, 0.15) is 5.82 Å². The van der Waals surface area contributed by atoms with Crippen LogP contribution in [0.3, 0.4) is 0 Å². The van der Waals surface area contributed by atoms with Crippen molar-refractivity contribution in [3.8, 4) is 0 Å². The average molecular weight is 343 g/mol. The van der Waals surface area contributed by atoms with E-state index in [0.29, 0.717) is 18.1 Å². The van der Waals surface area contributed by atoms with E-state index in [1.807, 2.05) is 36.1 Å². The molecule has 1 nitrogen and oxygen atoms in total. The number of hydrogen-bond acceptors (Lipinski definition) is 1. The summed E-state index contributed by atoms with van der Waals surface area (Å²) in [6.45, 7) is 2.66. The maximum absolute atomic E-state index is 14.0. The fourth-order valence-corrected chi connectivity index (χ4v) is 2.62. The third-order valence-electron chi connectivity index (χ3n) is 2.94. The summed E-state index contributed by atoms with van der Waals surface area (Å²) in [4.78, 5) is 1.93. The van der Waals surface area contributed by atoms with Crippen molar-refractivity contribution in [3.05, 3.63) is 58.3 Å². The SMILES string of the molecule is CCN(c1ccccc1F)c1cc(Br)ccc1CCl. The van der Waals surface area contributed by atoms with Gasteiger partial charge in [-0.15, -0.1) is 11.6 Å². The first-order valence-electron chi connectivity index (χ1n) is 6.03. The van der Waals surface area contributed by atoms with E-state index in [4.69, 9.17) is 11.6 Å². The second-order valence-corrected chi connectivity index (χ2v) is 5.29. The Morgan fingerprint density at radius 2 is 1.89 bits per heavy atom. The molecule has 100 valence electrons. The maximum Gasteiger partial charge on any atom is 0.146 e. The standard InChI is InChI=1S/C15H14BrClFN/c1-2-19(14-6-4-3-5-13(14)18)15-9-12(16)8-7-11(15)10-17/h3-9H,2,10H2,1H3. The molecule has 0 spiro atoms. The van der Waals surface area contributed by atoms with Gasteiger partial charge >= 0.3 is 0 Å². The second kappa shape index (κ2) is 6.40. The molecule has 0 aliphatic heterocycles. The van der Waals surface area contributed by atoms with Gasteiger partial charge in [-0.05, 0) is 36.8 Å². The lowest BCUT2D eigenvalue weighted by molar-refractivity contribution is 0.625. The Labute approximate surface area is 126 Å². The molecule has 0 unspecified atom stereocenters. The van der Waals surface area contributed by atoms with Crippen molar-refractivity contribution in [2.24, 2.45) is 0 Å². The van der Waals surface area contributed by atoms with Crippen LogP contribution >= 0.6 is 27.5 Å². The van der Waals surface area contributed by atoms with E-state index in [2.05, 4.69) is 15.9 Å². The molecule has 19 heavy (non-hydrogen) atoms. The van der Waals surface area contributed by atoms with Crippen molar-refractivity contribution in [1.29, 1.82) is 0 Å². The van der Waals surface area contributed by atoms with Gasteiger partial charge in [-0.2, -0.15) is 0 Å². The van der Waals surface area contributed by atoms with E-state index in [-0.39, 0.29) is 5.82 Å². The Bertz CT molecular complexity index is 574. The van der Waals surface area contributed by atoms with E-state index in [9.17, 15) is 4.39 Å². The molecule has 2 rings (SSSR count). The molecule has 0 radical (unpaired) electrons. The van der Waals surface area contributed by atoms with Crippen molar-refractivity contribution in [2.45, 2.75) is 12.8 Å². The van der Waals surface area contributed by atoms with E-state index >= 15 is 0 Å². The minimum absolute atomic E-state index is 0.232. The minimum Gasteiger partial charge on any atom is -0.339 e. The van der Waals surface area contributed by atoms with Crippen molar-refractivity contribution >= 4 is 38.9 Å². The zero-order valence-corrected chi connectivity index (χ0v) is 12.9. The number of para-hydroxylation sites is 1. The topological polar surface area (TPSA) is 3.24 Å². The molecule has 4 heteroatoms. The van der Waals surface area contributed by atoms with Gasteiger partial charge in [0.15, 0.2) is 0 Å². The Morgan fingerprint density at radius 1 is 1.16 bits per heavy atom. The van der Waals surface area contributed by atoms with Crippen molar-refractivity contribution in [3.63, 3.8) is 0 Å². The van der Waals surface area contributed by atoms with Gasteiger partial charge in [-0.25, -0.2) is 4.39 Å². The molecule has 0 fully saturated rings. The van der Waals surface area contributed by atoms with Gasteiger partial charge in [0.05, 0.1) is 5.69 Å². The summed E-state index contributed by atoms with van der Waals surface area (Å²) in [5.41, 5.74) is 2.47. The van der Waals surface area contributed by atoms with Crippen LogP contribution in [0.5, 0.6) is 0 Å². The summed E-state index contributed by atoms with van der Waals surface area (Å²) < 4.78 is 14.9. The molecule has 0 aliphatic rings. The zero-order valence-electron chi connectivity index (χ0n) is 10.5. The van der Waals surface area contributed by atoms with Crippen LogP contribution in [0.25, 0.3) is 0 Å². The molecule has 0 aromatic heterocycles. The first-order chi connectivity index (χ1) is 9.17. The number of rotatable bonds is 4. The third kappa shape index (κ3) is 3.10. The van der Waals surface area contributed by atoms with Crippen LogP contribution in [0.2, 0.25) is 0 Å². The summed E-state index contributed by atoms with van der Waals surface area (Å²) in [7, 11) is 0. The molecule has 2 aromatic rings. The third-order valence-corrected chi connectivity index (χ3v) is 3.72. The highest BCUT2D eigenvalue weighted by Crippen LogP contribution is 2.33. The number of halogens is 3. The molecule has 0 amide bonds. The smallest absolute Gasteiger partial charge is 0.146 e. The Balaban J connectivity index is 2.54. The van der Waals surface area contributed by atoms with E-state index in [1.54, 1.807) is 12.1 Å². The summed E-state index contributed by atoms with van der Waals surface area (Å²) in [5.74, 6) is 0.165. The summed E-state index contributed by atoms with van der Waals surface area (Å²) in [6.07, 6.45) is 0. The number of anilines is 2. The summed E-state index contributed by atoms with van der Waals surface area (Å²) in [5, 5.41) is 0. The lowest BCUT2D eigenvalue weighted by Gasteiger charge is -2.26. The predicted molar refractivity (Wildman–Crippen MR) is 82.8 cm³/mol. The zero-order chi connectivity index (χ0) is 13.8. The summed E-state index contributed by atoms with van der Waals surface area (Å²) in [6, 6.07) is 12.6. The van der Waals surface area contributed by atoms with Gasteiger partial charge in [-0.3, -0.25) is 0 Å². The van der Waals surface area contributed by atoms with Crippen molar-refractivity contribution in [1.82, 2.24) is 0 Å². The molecule has 0 aliphatic carbocycles. The van der Waals surface area contributed by atoms with Crippen molar-refractivity contribution < 1.29 is 4.39 Å². The monoisotopic (exact) mass is 341 g/mol. The van der Waals surface area contributed by atoms with Crippen LogP contribution in [-0.4, -0.2) is 6.54 Å². The average Bonchev–Trinajstić information content (AvgIpc) is 2.42. The van der Waals surface area contributed by atoms with E-state index < -0.39 is 0 Å². The summed E-state index contributed by atoms with van der Waals surface area (Å²) >= 11 is 9.43.